The Morgan fingerprint density at radius 2 is 1.43 bits per heavy atom. The highest BCUT2D eigenvalue weighted by Gasteiger charge is 2.17. The average Bonchev–Trinajstić information content (AvgIpc) is 2.19. The molecule has 0 atom stereocenters. The quantitative estimate of drug-likeness (QED) is 0.536. The zero-order valence-electron chi connectivity index (χ0n) is 10.1. The van der Waals surface area contributed by atoms with Crippen molar-refractivity contribution in [1.29, 1.82) is 0 Å². The maximum absolute atomic E-state index is 2.28. The molecular formula is C12H20NS+. The number of rotatable bonds is 2. The van der Waals surface area contributed by atoms with E-state index in [4.69, 9.17) is 0 Å². The summed E-state index contributed by atoms with van der Waals surface area (Å²) in [6.07, 6.45) is 0. The molecule has 0 radical (unpaired) electrons. The van der Waals surface area contributed by atoms with Crippen LogP contribution in [0, 0.1) is 27.7 Å². The van der Waals surface area contributed by atoms with Gasteiger partial charge in [0.2, 0.25) is 0 Å². The van der Waals surface area contributed by atoms with Crippen molar-refractivity contribution in [3.05, 3.63) is 22.5 Å². The predicted molar refractivity (Wildman–Crippen MR) is 63.0 cm³/mol. The minimum atomic E-state index is 1.15. The van der Waals surface area contributed by atoms with Gasteiger partial charge in [0.1, 0.15) is 7.05 Å². The molecule has 0 unspecified atom stereocenters. The second kappa shape index (κ2) is 4.35. The van der Waals surface area contributed by atoms with Crippen LogP contribution in [0.2, 0.25) is 0 Å². The Kier molecular flexibility index (Phi) is 3.59. The summed E-state index contributed by atoms with van der Waals surface area (Å²) in [5.41, 5.74) is 5.62. The molecule has 0 aliphatic heterocycles. The van der Waals surface area contributed by atoms with Gasteiger partial charge in [-0.1, -0.05) is 6.92 Å². The third kappa shape index (κ3) is 1.81. The van der Waals surface area contributed by atoms with Gasteiger partial charge in [-0.15, -0.1) is 11.8 Å². The van der Waals surface area contributed by atoms with Crippen LogP contribution in [-0.2, 0) is 7.05 Å². The number of hydrogen-bond acceptors (Lipinski definition) is 1. The van der Waals surface area contributed by atoms with Crippen LogP contribution in [0.25, 0.3) is 0 Å². The first-order valence-electron chi connectivity index (χ1n) is 5.09. The van der Waals surface area contributed by atoms with E-state index in [1.54, 1.807) is 0 Å². The van der Waals surface area contributed by atoms with Crippen LogP contribution in [-0.4, -0.2) is 5.75 Å². The molecule has 1 rings (SSSR count). The fraction of sp³-hybridized carbons (Fsp3) is 0.583. The minimum absolute atomic E-state index is 1.15. The number of nitrogens with zero attached hydrogens (tertiary/aromatic N) is 1. The lowest BCUT2D eigenvalue weighted by Crippen LogP contribution is -2.37. The topological polar surface area (TPSA) is 3.88 Å². The van der Waals surface area contributed by atoms with Crippen LogP contribution in [0.5, 0.6) is 0 Å². The normalized spacial score (nSPS) is 10.7. The maximum atomic E-state index is 2.28. The fourth-order valence-electron chi connectivity index (χ4n) is 1.73. The Bertz CT molecular complexity index is 327. The van der Waals surface area contributed by atoms with Crippen molar-refractivity contribution in [2.75, 3.05) is 5.75 Å². The average molecular weight is 210 g/mol. The van der Waals surface area contributed by atoms with Crippen molar-refractivity contribution in [3.8, 4) is 0 Å². The number of aromatic nitrogens is 1. The minimum Gasteiger partial charge on any atom is -0.202 e. The van der Waals surface area contributed by atoms with Gasteiger partial charge in [-0.3, -0.25) is 0 Å². The van der Waals surface area contributed by atoms with Crippen LogP contribution in [0.1, 0.15) is 29.4 Å². The summed E-state index contributed by atoms with van der Waals surface area (Å²) in [6.45, 7) is 11.0. The summed E-state index contributed by atoms with van der Waals surface area (Å²) in [4.78, 5) is 1.47. The molecule has 0 bridgehead atoms. The van der Waals surface area contributed by atoms with Crippen molar-refractivity contribution in [2.24, 2.45) is 7.05 Å². The number of hydrogen-bond donors (Lipinski definition) is 0. The highest BCUT2D eigenvalue weighted by atomic mass is 32.2. The fourth-order valence-corrected chi connectivity index (χ4v) is 2.74. The molecule has 1 aromatic heterocycles. The van der Waals surface area contributed by atoms with E-state index in [9.17, 15) is 0 Å². The highest BCUT2D eigenvalue weighted by Crippen LogP contribution is 2.27. The number of pyridine rings is 1. The molecule has 78 valence electrons. The van der Waals surface area contributed by atoms with Gasteiger partial charge >= 0.3 is 0 Å². The van der Waals surface area contributed by atoms with E-state index in [-0.39, 0.29) is 0 Å². The standard InChI is InChI=1S/C12H20NS/c1-7-14-12-8(2)10(4)13(6)11(5)9(12)3/h7H2,1-6H3/q+1. The molecular weight excluding hydrogens is 190 g/mol. The maximum Gasteiger partial charge on any atom is 0.182 e. The Morgan fingerprint density at radius 1 is 1.00 bits per heavy atom. The molecule has 0 amide bonds. The molecule has 0 aliphatic carbocycles. The summed E-state index contributed by atoms with van der Waals surface area (Å²) in [5, 5.41) is 0. The predicted octanol–water partition coefficient (Wildman–Crippen LogP) is 2.86. The summed E-state index contributed by atoms with van der Waals surface area (Å²) in [6, 6.07) is 0. The van der Waals surface area contributed by atoms with Crippen LogP contribution < -0.4 is 4.57 Å². The van der Waals surface area contributed by atoms with E-state index in [1.807, 2.05) is 11.8 Å². The van der Waals surface area contributed by atoms with Gasteiger partial charge in [0.05, 0.1) is 0 Å². The Labute approximate surface area is 91.5 Å². The SMILES string of the molecule is CCSc1c(C)c(C)[n+](C)c(C)c1C. The number of thioether (sulfide) groups is 1. The van der Waals surface area contributed by atoms with Crippen molar-refractivity contribution in [3.63, 3.8) is 0 Å². The Morgan fingerprint density at radius 3 is 1.79 bits per heavy atom. The Hall–Kier alpha value is -0.500. The lowest BCUT2D eigenvalue weighted by Gasteiger charge is -2.11. The molecule has 14 heavy (non-hydrogen) atoms. The van der Waals surface area contributed by atoms with E-state index >= 15 is 0 Å². The smallest absolute Gasteiger partial charge is 0.182 e. The first kappa shape index (κ1) is 11.6. The van der Waals surface area contributed by atoms with Gasteiger partial charge in [-0.05, 0) is 19.6 Å². The van der Waals surface area contributed by atoms with Gasteiger partial charge in [0.25, 0.3) is 0 Å². The molecule has 0 saturated heterocycles. The molecule has 1 aromatic rings. The van der Waals surface area contributed by atoms with E-state index in [0.717, 1.165) is 5.75 Å². The zero-order valence-corrected chi connectivity index (χ0v) is 10.9. The van der Waals surface area contributed by atoms with Crippen molar-refractivity contribution in [1.82, 2.24) is 0 Å². The summed E-state index contributed by atoms with van der Waals surface area (Å²) in [7, 11) is 2.14. The van der Waals surface area contributed by atoms with Gasteiger partial charge in [0, 0.05) is 29.9 Å². The first-order valence-corrected chi connectivity index (χ1v) is 6.08. The third-order valence-corrected chi connectivity index (χ3v) is 4.25. The summed E-state index contributed by atoms with van der Waals surface area (Å²) < 4.78 is 2.28. The van der Waals surface area contributed by atoms with Gasteiger partial charge in [-0.2, -0.15) is 0 Å². The molecule has 0 spiro atoms. The van der Waals surface area contributed by atoms with Gasteiger partial charge in [0.15, 0.2) is 11.4 Å². The zero-order chi connectivity index (χ0) is 10.9. The van der Waals surface area contributed by atoms with Crippen LogP contribution >= 0.6 is 11.8 Å². The lowest BCUT2D eigenvalue weighted by atomic mass is 10.1. The largest absolute Gasteiger partial charge is 0.202 e. The van der Waals surface area contributed by atoms with Gasteiger partial charge < -0.3 is 0 Å². The Balaban J connectivity index is 3.43. The second-order valence-corrected chi connectivity index (χ2v) is 5.02. The van der Waals surface area contributed by atoms with Crippen molar-refractivity contribution < 1.29 is 4.57 Å². The van der Waals surface area contributed by atoms with E-state index in [0.29, 0.717) is 0 Å². The van der Waals surface area contributed by atoms with Gasteiger partial charge in [-0.25, -0.2) is 4.57 Å². The van der Waals surface area contributed by atoms with Crippen molar-refractivity contribution in [2.45, 2.75) is 39.5 Å². The third-order valence-electron chi connectivity index (χ3n) is 3.06. The molecule has 2 heteroatoms. The molecule has 1 nitrogen and oxygen atoms in total. The molecule has 1 heterocycles. The molecule has 0 aliphatic rings. The van der Waals surface area contributed by atoms with Crippen LogP contribution in [0.3, 0.4) is 0 Å². The lowest BCUT2D eigenvalue weighted by molar-refractivity contribution is -0.684. The molecule has 0 N–H and O–H groups in total. The van der Waals surface area contributed by atoms with Crippen LogP contribution in [0.15, 0.2) is 4.90 Å². The second-order valence-electron chi connectivity index (χ2n) is 3.74. The molecule has 0 saturated carbocycles. The monoisotopic (exact) mass is 210 g/mol. The van der Waals surface area contributed by atoms with Crippen molar-refractivity contribution >= 4 is 11.8 Å². The summed E-state index contributed by atoms with van der Waals surface area (Å²) in [5.74, 6) is 1.15. The highest BCUT2D eigenvalue weighted by molar-refractivity contribution is 7.99. The molecule has 0 fully saturated rings. The van der Waals surface area contributed by atoms with E-state index in [1.165, 1.54) is 27.4 Å². The first-order chi connectivity index (χ1) is 6.50. The van der Waals surface area contributed by atoms with Crippen LogP contribution in [0.4, 0.5) is 0 Å². The van der Waals surface area contributed by atoms with E-state index < -0.39 is 0 Å². The summed E-state index contributed by atoms with van der Waals surface area (Å²) >= 11 is 1.95. The van der Waals surface area contributed by atoms with E-state index in [2.05, 4.69) is 46.2 Å². The molecule has 0 aromatic carbocycles.